The van der Waals surface area contributed by atoms with Crippen molar-refractivity contribution >= 4 is 0 Å². The van der Waals surface area contributed by atoms with Crippen LogP contribution in [0.25, 0.3) is 0 Å². The highest BCUT2D eigenvalue weighted by molar-refractivity contribution is 4.99. The Balaban J connectivity index is 2.06. The van der Waals surface area contributed by atoms with Gasteiger partial charge in [0.05, 0.1) is 6.04 Å². The molecule has 0 bridgehead atoms. The van der Waals surface area contributed by atoms with Gasteiger partial charge in [0.2, 0.25) is 0 Å². The van der Waals surface area contributed by atoms with Gasteiger partial charge in [-0.25, -0.2) is 4.98 Å². The van der Waals surface area contributed by atoms with Crippen molar-refractivity contribution in [2.45, 2.75) is 6.04 Å². The number of nitrogens with two attached hydrogens (primary N) is 1. The van der Waals surface area contributed by atoms with Crippen molar-refractivity contribution in [1.29, 1.82) is 0 Å². The molecular formula is C9H17N5. The number of aromatic amines is 1. The Hall–Kier alpha value is -0.910. The van der Waals surface area contributed by atoms with Crippen molar-refractivity contribution < 1.29 is 0 Å². The van der Waals surface area contributed by atoms with Crippen LogP contribution < -0.4 is 11.1 Å². The summed E-state index contributed by atoms with van der Waals surface area (Å²) in [6.45, 7) is 4.68. The number of piperazine rings is 1. The molecule has 14 heavy (non-hydrogen) atoms. The van der Waals surface area contributed by atoms with Gasteiger partial charge in [-0.2, -0.15) is 0 Å². The lowest BCUT2D eigenvalue weighted by Crippen LogP contribution is -2.47. The van der Waals surface area contributed by atoms with Crippen LogP contribution in [-0.4, -0.2) is 47.6 Å². The van der Waals surface area contributed by atoms with E-state index in [1.165, 1.54) is 0 Å². The highest BCUT2D eigenvalue weighted by Gasteiger charge is 2.24. The molecule has 1 aromatic rings. The van der Waals surface area contributed by atoms with E-state index in [1.807, 2.05) is 6.20 Å². The third-order valence-corrected chi connectivity index (χ3v) is 2.61. The summed E-state index contributed by atoms with van der Waals surface area (Å²) in [4.78, 5) is 9.83. The van der Waals surface area contributed by atoms with E-state index in [1.54, 1.807) is 6.20 Å². The van der Waals surface area contributed by atoms with E-state index in [0.717, 1.165) is 32.0 Å². The second-order valence-corrected chi connectivity index (χ2v) is 3.52. The van der Waals surface area contributed by atoms with Crippen molar-refractivity contribution in [2.75, 3.05) is 32.7 Å². The molecule has 1 unspecified atom stereocenters. The van der Waals surface area contributed by atoms with Crippen LogP contribution >= 0.6 is 0 Å². The van der Waals surface area contributed by atoms with Gasteiger partial charge in [0.1, 0.15) is 5.82 Å². The summed E-state index contributed by atoms with van der Waals surface area (Å²) in [6.07, 6.45) is 3.66. The zero-order valence-corrected chi connectivity index (χ0v) is 8.24. The van der Waals surface area contributed by atoms with Crippen molar-refractivity contribution in [2.24, 2.45) is 5.73 Å². The molecule has 0 spiro atoms. The van der Waals surface area contributed by atoms with Crippen molar-refractivity contribution in [1.82, 2.24) is 20.2 Å². The van der Waals surface area contributed by atoms with E-state index in [9.17, 15) is 0 Å². The maximum Gasteiger partial charge on any atom is 0.124 e. The van der Waals surface area contributed by atoms with Gasteiger partial charge in [0.25, 0.3) is 0 Å². The average Bonchev–Trinajstić information content (AvgIpc) is 2.72. The van der Waals surface area contributed by atoms with Crippen molar-refractivity contribution in [3.63, 3.8) is 0 Å². The molecule has 2 rings (SSSR count). The van der Waals surface area contributed by atoms with Crippen LogP contribution in [0.2, 0.25) is 0 Å². The molecule has 0 aromatic carbocycles. The number of hydrogen-bond acceptors (Lipinski definition) is 4. The average molecular weight is 195 g/mol. The van der Waals surface area contributed by atoms with Gasteiger partial charge in [0.15, 0.2) is 0 Å². The molecule has 5 heteroatoms. The van der Waals surface area contributed by atoms with Crippen LogP contribution in [0.4, 0.5) is 0 Å². The quantitative estimate of drug-likeness (QED) is 0.597. The molecule has 0 aliphatic carbocycles. The van der Waals surface area contributed by atoms with E-state index in [-0.39, 0.29) is 0 Å². The second-order valence-electron chi connectivity index (χ2n) is 3.52. The van der Waals surface area contributed by atoms with E-state index in [0.29, 0.717) is 12.6 Å². The summed E-state index contributed by atoms with van der Waals surface area (Å²) >= 11 is 0. The van der Waals surface area contributed by atoms with Crippen LogP contribution in [0, 0.1) is 0 Å². The molecule has 78 valence electrons. The highest BCUT2D eigenvalue weighted by Crippen LogP contribution is 2.17. The minimum absolute atomic E-state index is 0.349. The first-order valence-corrected chi connectivity index (χ1v) is 5.06. The molecule has 1 saturated heterocycles. The van der Waals surface area contributed by atoms with Crippen LogP contribution in [0.5, 0.6) is 0 Å². The van der Waals surface area contributed by atoms with Crippen LogP contribution in [0.1, 0.15) is 11.9 Å². The van der Waals surface area contributed by atoms with Gasteiger partial charge in [-0.1, -0.05) is 0 Å². The maximum atomic E-state index is 5.58. The fourth-order valence-corrected chi connectivity index (χ4v) is 1.91. The summed E-state index contributed by atoms with van der Waals surface area (Å²) in [6, 6.07) is 0.349. The molecular weight excluding hydrogens is 178 g/mol. The Bertz CT molecular complexity index is 256. The first kappa shape index (κ1) is 9.64. The Morgan fingerprint density at radius 1 is 1.64 bits per heavy atom. The third kappa shape index (κ3) is 1.95. The maximum absolute atomic E-state index is 5.58. The van der Waals surface area contributed by atoms with E-state index in [4.69, 9.17) is 5.73 Å². The molecule has 4 N–H and O–H groups in total. The number of hydrogen-bond donors (Lipinski definition) is 3. The molecule has 0 amide bonds. The normalized spacial score (nSPS) is 23.9. The topological polar surface area (TPSA) is 70.0 Å². The number of rotatable bonds is 3. The number of nitrogens with one attached hydrogen (secondary N) is 2. The van der Waals surface area contributed by atoms with Gasteiger partial charge in [0, 0.05) is 45.1 Å². The fraction of sp³-hybridized carbons (Fsp3) is 0.667. The van der Waals surface area contributed by atoms with E-state index >= 15 is 0 Å². The molecule has 1 atom stereocenters. The predicted molar refractivity (Wildman–Crippen MR) is 54.8 cm³/mol. The predicted octanol–water partition coefficient (Wildman–Crippen LogP) is -0.685. The molecule has 1 fully saturated rings. The monoisotopic (exact) mass is 195 g/mol. The molecule has 2 heterocycles. The van der Waals surface area contributed by atoms with Crippen LogP contribution in [-0.2, 0) is 0 Å². The number of H-pyrrole nitrogens is 1. The number of nitrogens with zero attached hydrogens (tertiary/aromatic N) is 2. The van der Waals surface area contributed by atoms with Gasteiger partial charge < -0.3 is 16.0 Å². The Morgan fingerprint density at radius 3 is 3.29 bits per heavy atom. The van der Waals surface area contributed by atoms with Gasteiger partial charge in [-0.15, -0.1) is 0 Å². The lowest BCUT2D eigenvalue weighted by Gasteiger charge is -2.34. The summed E-state index contributed by atoms with van der Waals surface area (Å²) < 4.78 is 0. The SMILES string of the molecule is NCCN1CCNCC1c1ncc[nH]1. The zero-order chi connectivity index (χ0) is 9.80. The molecule has 1 aromatic heterocycles. The van der Waals surface area contributed by atoms with Crippen molar-refractivity contribution in [3.8, 4) is 0 Å². The first-order valence-electron chi connectivity index (χ1n) is 5.06. The third-order valence-electron chi connectivity index (χ3n) is 2.61. The lowest BCUT2D eigenvalue weighted by molar-refractivity contribution is 0.160. The molecule has 5 nitrogen and oxygen atoms in total. The standard InChI is InChI=1S/C9H17N5/c10-1-5-14-6-4-11-7-8(14)9-12-2-3-13-9/h2-3,8,11H,1,4-7,10H2,(H,12,13). The van der Waals surface area contributed by atoms with E-state index in [2.05, 4.69) is 20.2 Å². The van der Waals surface area contributed by atoms with Gasteiger partial charge in [-0.05, 0) is 0 Å². The van der Waals surface area contributed by atoms with Gasteiger partial charge in [-0.3, -0.25) is 4.90 Å². The minimum Gasteiger partial charge on any atom is -0.347 e. The highest BCUT2D eigenvalue weighted by atomic mass is 15.2. The summed E-state index contributed by atoms with van der Waals surface area (Å²) in [5.74, 6) is 1.03. The molecule has 0 radical (unpaired) electrons. The number of aromatic nitrogens is 2. The smallest absolute Gasteiger partial charge is 0.124 e. The Kier molecular flexibility index (Phi) is 3.13. The summed E-state index contributed by atoms with van der Waals surface area (Å²) in [7, 11) is 0. The van der Waals surface area contributed by atoms with Crippen LogP contribution in [0.3, 0.4) is 0 Å². The Morgan fingerprint density at radius 2 is 2.57 bits per heavy atom. The Labute approximate surface area is 83.7 Å². The molecule has 1 aliphatic rings. The fourth-order valence-electron chi connectivity index (χ4n) is 1.91. The molecule has 1 aliphatic heterocycles. The first-order chi connectivity index (χ1) is 6.92. The summed E-state index contributed by atoms with van der Waals surface area (Å²) in [5.41, 5.74) is 5.58. The van der Waals surface area contributed by atoms with E-state index < -0.39 is 0 Å². The molecule has 0 saturated carbocycles. The summed E-state index contributed by atoms with van der Waals surface area (Å²) in [5, 5.41) is 3.37. The van der Waals surface area contributed by atoms with Crippen molar-refractivity contribution in [3.05, 3.63) is 18.2 Å². The minimum atomic E-state index is 0.349. The lowest BCUT2D eigenvalue weighted by atomic mass is 10.2. The zero-order valence-electron chi connectivity index (χ0n) is 8.24. The van der Waals surface area contributed by atoms with Gasteiger partial charge >= 0.3 is 0 Å². The second kappa shape index (κ2) is 4.54. The number of imidazole rings is 1. The largest absolute Gasteiger partial charge is 0.347 e. The van der Waals surface area contributed by atoms with Crippen LogP contribution in [0.15, 0.2) is 12.4 Å².